The lowest BCUT2D eigenvalue weighted by atomic mass is 10.2. The van der Waals surface area contributed by atoms with Crippen LogP contribution in [0.25, 0.3) is 0 Å². The van der Waals surface area contributed by atoms with Crippen molar-refractivity contribution in [2.24, 2.45) is 0 Å². The molecule has 0 aliphatic carbocycles. The lowest BCUT2D eigenvalue weighted by Gasteiger charge is -2.17. The van der Waals surface area contributed by atoms with Gasteiger partial charge in [-0.15, -0.1) is 0 Å². The van der Waals surface area contributed by atoms with Crippen molar-refractivity contribution in [2.75, 3.05) is 17.7 Å². The van der Waals surface area contributed by atoms with Crippen molar-refractivity contribution in [3.63, 3.8) is 0 Å². The Bertz CT molecular complexity index is 946. The van der Waals surface area contributed by atoms with Gasteiger partial charge in [0, 0.05) is 10.7 Å². The minimum absolute atomic E-state index is 0.199. The first-order chi connectivity index (χ1) is 14.0. The fraction of sp³-hybridized carbons (Fsp3) is 0.174. The van der Waals surface area contributed by atoms with Crippen LogP contribution in [-0.2, 0) is 11.4 Å². The SMILES string of the molecule is COc1ccc(Cl)cc1NC(=O)[C@@H](C)Nc1ccc(OCc2ccccc2)cc1. The van der Waals surface area contributed by atoms with Gasteiger partial charge in [0.05, 0.1) is 12.8 Å². The summed E-state index contributed by atoms with van der Waals surface area (Å²) in [6.07, 6.45) is 0. The molecule has 150 valence electrons. The normalized spacial score (nSPS) is 11.4. The first-order valence-corrected chi connectivity index (χ1v) is 9.60. The third kappa shape index (κ3) is 5.90. The Labute approximate surface area is 175 Å². The number of hydrogen-bond donors (Lipinski definition) is 2. The van der Waals surface area contributed by atoms with Gasteiger partial charge in [0.2, 0.25) is 5.91 Å². The summed E-state index contributed by atoms with van der Waals surface area (Å²) >= 11 is 6.01. The molecule has 3 aromatic carbocycles. The van der Waals surface area contributed by atoms with Crippen LogP contribution in [-0.4, -0.2) is 19.1 Å². The fourth-order valence-electron chi connectivity index (χ4n) is 2.72. The summed E-state index contributed by atoms with van der Waals surface area (Å²) in [6, 6.07) is 22.1. The zero-order valence-electron chi connectivity index (χ0n) is 16.3. The lowest BCUT2D eigenvalue weighted by Crippen LogP contribution is -2.32. The van der Waals surface area contributed by atoms with E-state index in [4.69, 9.17) is 21.1 Å². The molecule has 1 atom stereocenters. The van der Waals surface area contributed by atoms with Crippen molar-refractivity contribution in [1.82, 2.24) is 0 Å². The van der Waals surface area contributed by atoms with Gasteiger partial charge in [-0.2, -0.15) is 0 Å². The summed E-state index contributed by atoms with van der Waals surface area (Å²) < 4.78 is 11.0. The Morgan fingerprint density at radius 1 is 1.03 bits per heavy atom. The smallest absolute Gasteiger partial charge is 0.246 e. The highest BCUT2D eigenvalue weighted by Crippen LogP contribution is 2.28. The molecule has 0 saturated carbocycles. The Kier molecular flexibility index (Phi) is 6.98. The number of carbonyl (C=O) groups is 1. The van der Waals surface area contributed by atoms with Crippen molar-refractivity contribution >= 4 is 28.9 Å². The van der Waals surface area contributed by atoms with Gasteiger partial charge in [-0.25, -0.2) is 0 Å². The molecule has 0 fully saturated rings. The predicted molar refractivity (Wildman–Crippen MR) is 117 cm³/mol. The minimum Gasteiger partial charge on any atom is -0.495 e. The average Bonchev–Trinajstić information content (AvgIpc) is 2.74. The minimum atomic E-state index is -0.463. The second-order valence-electron chi connectivity index (χ2n) is 6.50. The molecular formula is C23H23ClN2O3. The number of halogens is 1. The van der Waals surface area contributed by atoms with Crippen LogP contribution in [0.4, 0.5) is 11.4 Å². The highest BCUT2D eigenvalue weighted by Gasteiger charge is 2.15. The third-order valence-corrected chi connectivity index (χ3v) is 4.53. The maximum Gasteiger partial charge on any atom is 0.246 e. The van der Waals surface area contributed by atoms with Gasteiger partial charge in [0.1, 0.15) is 24.1 Å². The van der Waals surface area contributed by atoms with E-state index >= 15 is 0 Å². The first kappa shape index (κ1) is 20.6. The van der Waals surface area contributed by atoms with Crippen molar-refractivity contribution in [3.05, 3.63) is 83.4 Å². The molecule has 29 heavy (non-hydrogen) atoms. The van der Waals surface area contributed by atoms with Gasteiger partial charge in [0.25, 0.3) is 0 Å². The van der Waals surface area contributed by atoms with E-state index < -0.39 is 6.04 Å². The van der Waals surface area contributed by atoms with Crippen molar-refractivity contribution in [2.45, 2.75) is 19.6 Å². The van der Waals surface area contributed by atoms with Crippen molar-refractivity contribution in [3.8, 4) is 11.5 Å². The first-order valence-electron chi connectivity index (χ1n) is 9.23. The van der Waals surface area contributed by atoms with Gasteiger partial charge in [-0.1, -0.05) is 41.9 Å². The number of rotatable bonds is 8. The molecule has 2 N–H and O–H groups in total. The predicted octanol–water partition coefficient (Wildman–Crippen LogP) is 5.37. The van der Waals surface area contributed by atoms with Gasteiger partial charge in [-0.05, 0) is 55.0 Å². The van der Waals surface area contributed by atoms with E-state index in [9.17, 15) is 4.79 Å². The highest BCUT2D eigenvalue weighted by atomic mass is 35.5. The number of carbonyl (C=O) groups excluding carboxylic acids is 1. The largest absolute Gasteiger partial charge is 0.495 e. The molecule has 0 aliphatic heterocycles. The van der Waals surface area contributed by atoms with Crippen LogP contribution >= 0.6 is 11.6 Å². The summed E-state index contributed by atoms with van der Waals surface area (Å²) in [5.74, 6) is 1.12. The number of nitrogens with one attached hydrogen (secondary N) is 2. The molecule has 1 amide bonds. The van der Waals surface area contributed by atoms with E-state index in [2.05, 4.69) is 10.6 Å². The molecular weight excluding hydrogens is 388 g/mol. The summed E-state index contributed by atoms with van der Waals surface area (Å²) in [7, 11) is 1.54. The molecule has 0 aromatic heterocycles. The zero-order chi connectivity index (χ0) is 20.6. The van der Waals surface area contributed by atoms with E-state index in [0.717, 1.165) is 17.0 Å². The van der Waals surface area contributed by atoms with Gasteiger partial charge in [0.15, 0.2) is 0 Å². The van der Waals surface area contributed by atoms with E-state index in [1.54, 1.807) is 32.2 Å². The molecule has 3 rings (SSSR count). The fourth-order valence-corrected chi connectivity index (χ4v) is 2.89. The van der Waals surface area contributed by atoms with E-state index in [0.29, 0.717) is 23.1 Å². The average molecular weight is 411 g/mol. The second kappa shape index (κ2) is 9.85. The van der Waals surface area contributed by atoms with Crippen LogP contribution < -0.4 is 20.1 Å². The number of amides is 1. The van der Waals surface area contributed by atoms with Gasteiger partial charge in [-0.3, -0.25) is 4.79 Å². The van der Waals surface area contributed by atoms with Crippen LogP contribution in [0.15, 0.2) is 72.8 Å². The summed E-state index contributed by atoms with van der Waals surface area (Å²) in [5.41, 5.74) is 2.46. The number of benzene rings is 3. The number of methoxy groups -OCH3 is 1. The third-order valence-electron chi connectivity index (χ3n) is 4.30. The van der Waals surface area contributed by atoms with Crippen LogP contribution in [0.3, 0.4) is 0 Å². The molecule has 5 nitrogen and oxygen atoms in total. The van der Waals surface area contributed by atoms with Crippen LogP contribution in [0, 0.1) is 0 Å². The number of ether oxygens (including phenoxy) is 2. The van der Waals surface area contributed by atoms with Crippen molar-refractivity contribution < 1.29 is 14.3 Å². The molecule has 6 heteroatoms. The molecule has 0 radical (unpaired) electrons. The van der Waals surface area contributed by atoms with Crippen molar-refractivity contribution in [1.29, 1.82) is 0 Å². The van der Waals surface area contributed by atoms with E-state index in [-0.39, 0.29) is 5.91 Å². The summed E-state index contributed by atoms with van der Waals surface area (Å²) in [6.45, 7) is 2.29. The van der Waals surface area contributed by atoms with Crippen LogP contribution in [0.2, 0.25) is 5.02 Å². The zero-order valence-corrected chi connectivity index (χ0v) is 17.1. The van der Waals surface area contributed by atoms with E-state index in [1.165, 1.54) is 0 Å². The maximum atomic E-state index is 12.5. The molecule has 0 bridgehead atoms. The monoisotopic (exact) mass is 410 g/mol. The highest BCUT2D eigenvalue weighted by molar-refractivity contribution is 6.31. The van der Waals surface area contributed by atoms with E-state index in [1.807, 2.05) is 54.6 Å². The molecule has 3 aromatic rings. The lowest BCUT2D eigenvalue weighted by molar-refractivity contribution is -0.116. The second-order valence-corrected chi connectivity index (χ2v) is 6.93. The van der Waals surface area contributed by atoms with Gasteiger partial charge < -0.3 is 20.1 Å². The molecule has 0 unspecified atom stereocenters. The maximum absolute atomic E-state index is 12.5. The Morgan fingerprint density at radius 2 is 1.76 bits per heavy atom. The van der Waals surface area contributed by atoms with Crippen LogP contribution in [0.1, 0.15) is 12.5 Å². The Hall–Kier alpha value is -3.18. The summed E-state index contributed by atoms with van der Waals surface area (Å²) in [4.78, 5) is 12.5. The Balaban J connectivity index is 1.55. The quantitative estimate of drug-likeness (QED) is 0.524. The van der Waals surface area contributed by atoms with Crippen LogP contribution in [0.5, 0.6) is 11.5 Å². The number of hydrogen-bond acceptors (Lipinski definition) is 4. The molecule has 0 heterocycles. The molecule has 0 aliphatic rings. The molecule has 0 saturated heterocycles. The topological polar surface area (TPSA) is 59.6 Å². The standard InChI is InChI=1S/C23H23ClN2O3/c1-16(23(27)26-21-14-18(24)8-13-22(21)28-2)25-19-9-11-20(12-10-19)29-15-17-6-4-3-5-7-17/h3-14,16,25H,15H2,1-2H3,(H,26,27)/t16-/m1/s1. The van der Waals surface area contributed by atoms with Gasteiger partial charge >= 0.3 is 0 Å². The summed E-state index contributed by atoms with van der Waals surface area (Å²) in [5, 5.41) is 6.53. The molecule has 0 spiro atoms. The number of anilines is 2. The Morgan fingerprint density at radius 3 is 2.45 bits per heavy atom.